The number of ether oxygens (including phenoxy) is 6. The van der Waals surface area contributed by atoms with Crippen LogP contribution in [0.4, 0.5) is 0 Å². The van der Waals surface area contributed by atoms with E-state index in [9.17, 15) is 9.90 Å². The average Bonchev–Trinajstić information content (AvgIpc) is 3.56. The number of benzene rings is 3. The van der Waals surface area contributed by atoms with Crippen LogP contribution in [0.3, 0.4) is 0 Å². The number of carboxylic acids is 1. The molecule has 0 fully saturated rings. The third kappa shape index (κ3) is 8.48. The summed E-state index contributed by atoms with van der Waals surface area (Å²) in [4.78, 5) is 15.2. The van der Waals surface area contributed by atoms with Gasteiger partial charge in [0.15, 0.2) is 11.5 Å². The molecule has 10 nitrogen and oxygen atoms in total. The fraction of sp³-hybridized carbons (Fsp3) is 0.278. The monoisotopic (exact) mass is 629 g/mol. The third-order valence-electron chi connectivity index (χ3n) is 7.18. The summed E-state index contributed by atoms with van der Waals surface area (Å²) in [6.07, 6.45) is 6.24. The molecule has 10 heteroatoms. The summed E-state index contributed by atoms with van der Waals surface area (Å²) in [5.74, 6) is 3.01. The van der Waals surface area contributed by atoms with E-state index in [0.717, 1.165) is 40.0 Å². The SMILES string of the molecule is C/C=C(\Cc1cc2c(cc1OC)OCO2)C(=O)O.CCCOc1cnccc1-c1ccc(OC)cc1OCc1ccccc1CO. The molecule has 0 unspecified atom stereocenters. The summed E-state index contributed by atoms with van der Waals surface area (Å²) >= 11 is 0. The Morgan fingerprint density at radius 1 is 0.891 bits per heavy atom. The van der Waals surface area contributed by atoms with Crippen molar-refractivity contribution in [2.45, 2.75) is 39.9 Å². The number of rotatable bonds is 13. The normalized spacial score (nSPS) is 11.7. The molecule has 5 rings (SSSR count). The fourth-order valence-electron chi connectivity index (χ4n) is 4.71. The maximum atomic E-state index is 11.0. The van der Waals surface area contributed by atoms with Crippen LogP contribution in [0.1, 0.15) is 37.0 Å². The van der Waals surface area contributed by atoms with Crippen LogP contribution in [0, 0.1) is 0 Å². The number of aromatic nitrogens is 1. The molecule has 0 spiro atoms. The number of aliphatic carboxylic acids is 1. The predicted molar refractivity (Wildman–Crippen MR) is 173 cm³/mol. The van der Waals surface area contributed by atoms with Crippen molar-refractivity contribution in [1.29, 1.82) is 0 Å². The van der Waals surface area contributed by atoms with Gasteiger partial charge in [-0.2, -0.15) is 0 Å². The minimum absolute atomic E-state index is 0.0239. The Balaban J connectivity index is 0.000000230. The van der Waals surface area contributed by atoms with Crippen LogP contribution in [-0.4, -0.2) is 48.8 Å². The lowest BCUT2D eigenvalue weighted by atomic mass is 10.0. The van der Waals surface area contributed by atoms with E-state index >= 15 is 0 Å². The zero-order valence-corrected chi connectivity index (χ0v) is 26.4. The quantitative estimate of drug-likeness (QED) is 0.156. The molecule has 1 aliphatic heterocycles. The number of aliphatic hydroxyl groups is 1. The van der Waals surface area contributed by atoms with Gasteiger partial charge in [0, 0.05) is 47.0 Å². The van der Waals surface area contributed by atoms with Crippen LogP contribution in [0.25, 0.3) is 11.1 Å². The first kappa shape index (κ1) is 33.7. The molecule has 4 aromatic rings. The predicted octanol–water partition coefficient (Wildman–Crippen LogP) is 6.61. The van der Waals surface area contributed by atoms with E-state index in [1.54, 1.807) is 44.6 Å². The molecule has 0 aliphatic carbocycles. The number of nitrogens with zero attached hydrogens (tertiary/aromatic N) is 1. The number of hydrogen-bond acceptors (Lipinski definition) is 9. The number of hydrogen-bond donors (Lipinski definition) is 2. The Kier molecular flexibility index (Phi) is 12.3. The van der Waals surface area contributed by atoms with E-state index in [1.165, 1.54) is 7.11 Å². The van der Waals surface area contributed by atoms with Crippen molar-refractivity contribution in [3.63, 3.8) is 0 Å². The number of allylic oxidation sites excluding steroid dienone is 1. The molecule has 0 saturated carbocycles. The topological polar surface area (TPSA) is 126 Å². The lowest BCUT2D eigenvalue weighted by molar-refractivity contribution is -0.132. The van der Waals surface area contributed by atoms with Crippen LogP contribution in [0.5, 0.6) is 34.5 Å². The van der Waals surface area contributed by atoms with E-state index in [0.29, 0.717) is 47.5 Å². The summed E-state index contributed by atoms with van der Waals surface area (Å²) in [6, 6.07) is 18.8. The smallest absolute Gasteiger partial charge is 0.331 e. The number of aliphatic hydroxyl groups excluding tert-OH is 1. The Morgan fingerprint density at radius 2 is 1.63 bits per heavy atom. The molecule has 3 aromatic carbocycles. The van der Waals surface area contributed by atoms with Crippen molar-refractivity contribution in [3.8, 4) is 45.6 Å². The Bertz CT molecular complexity index is 1650. The van der Waals surface area contributed by atoms with Gasteiger partial charge in [0.05, 0.1) is 33.6 Å². The zero-order chi connectivity index (χ0) is 32.9. The van der Waals surface area contributed by atoms with Gasteiger partial charge in [-0.25, -0.2) is 4.79 Å². The lowest BCUT2D eigenvalue weighted by Crippen LogP contribution is -2.04. The molecular formula is C36H39NO9. The Hall–Kier alpha value is -5.22. The Morgan fingerprint density at radius 3 is 2.30 bits per heavy atom. The summed E-state index contributed by atoms with van der Waals surface area (Å²) in [5.41, 5.74) is 4.68. The first-order valence-electron chi connectivity index (χ1n) is 14.8. The van der Waals surface area contributed by atoms with Gasteiger partial charge < -0.3 is 38.6 Å². The number of fused-ring (bicyclic) bond motifs is 1. The Labute approximate surface area is 268 Å². The highest BCUT2D eigenvalue weighted by atomic mass is 16.7. The van der Waals surface area contributed by atoms with Gasteiger partial charge in [0.2, 0.25) is 6.79 Å². The summed E-state index contributed by atoms with van der Waals surface area (Å²) in [7, 11) is 3.17. The van der Waals surface area contributed by atoms with Crippen molar-refractivity contribution in [3.05, 3.63) is 101 Å². The largest absolute Gasteiger partial charge is 0.497 e. The lowest BCUT2D eigenvalue weighted by Gasteiger charge is -2.16. The molecule has 0 amide bonds. The van der Waals surface area contributed by atoms with Gasteiger partial charge in [-0.3, -0.25) is 4.98 Å². The first-order chi connectivity index (χ1) is 22.4. The molecular weight excluding hydrogens is 590 g/mol. The first-order valence-corrected chi connectivity index (χ1v) is 14.8. The van der Waals surface area contributed by atoms with Crippen molar-refractivity contribution >= 4 is 5.97 Å². The fourth-order valence-corrected chi connectivity index (χ4v) is 4.71. The minimum atomic E-state index is -0.933. The summed E-state index contributed by atoms with van der Waals surface area (Å²) < 4.78 is 33.1. The molecule has 242 valence electrons. The van der Waals surface area contributed by atoms with Crippen LogP contribution in [-0.2, 0) is 24.4 Å². The van der Waals surface area contributed by atoms with E-state index in [2.05, 4.69) is 11.9 Å². The highest BCUT2D eigenvalue weighted by molar-refractivity contribution is 5.87. The second-order valence-corrected chi connectivity index (χ2v) is 10.1. The van der Waals surface area contributed by atoms with E-state index < -0.39 is 5.97 Å². The van der Waals surface area contributed by atoms with Crippen LogP contribution in [0.2, 0.25) is 0 Å². The second kappa shape index (κ2) is 16.7. The molecule has 0 saturated heterocycles. The van der Waals surface area contributed by atoms with Gasteiger partial charge in [-0.1, -0.05) is 37.3 Å². The highest BCUT2D eigenvalue weighted by Crippen LogP contribution is 2.40. The molecule has 2 N–H and O–H groups in total. The van der Waals surface area contributed by atoms with Gasteiger partial charge in [-0.05, 0) is 48.7 Å². The van der Waals surface area contributed by atoms with Crippen LogP contribution in [0.15, 0.2) is 84.7 Å². The standard InChI is InChI=1S/C23H25NO4.C13H14O5/c1-3-12-27-23-14-24-11-10-21(23)20-9-8-19(26-2)13-22(20)28-16-18-7-5-4-6-17(18)15-25;1-3-8(13(14)15)4-9-5-11-12(18-7-17-11)6-10(9)16-2/h4-11,13-14,25H,3,12,15-16H2,1-2H3;3,5-6H,4,7H2,1-2H3,(H,14,15)/b;8-3+. The molecule has 2 heterocycles. The van der Waals surface area contributed by atoms with Gasteiger partial charge in [-0.15, -0.1) is 0 Å². The van der Waals surface area contributed by atoms with Crippen molar-refractivity contribution in [2.24, 2.45) is 0 Å². The molecule has 46 heavy (non-hydrogen) atoms. The maximum absolute atomic E-state index is 11.0. The number of carbonyl (C=O) groups is 1. The van der Waals surface area contributed by atoms with Gasteiger partial charge >= 0.3 is 5.97 Å². The molecule has 1 aromatic heterocycles. The van der Waals surface area contributed by atoms with Crippen LogP contribution < -0.4 is 28.4 Å². The number of methoxy groups -OCH3 is 2. The van der Waals surface area contributed by atoms with Crippen molar-refractivity contribution in [2.75, 3.05) is 27.6 Å². The van der Waals surface area contributed by atoms with Gasteiger partial charge in [0.1, 0.15) is 29.6 Å². The highest BCUT2D eigenvalue weighted by Gasteiger charge is 2.20. The van der Waals surface area contributed by atoms with Crippen molar-refractivity contribution in [1.82, 2.24) is 4.98 Å². The second-order valence-electron chi connectivity index (χ2n) is 10.1. The third-order valence-corrected chi connectivity index (χ3v) is 7.18. The molecule has 0 radical (unpaired) electrons. The maximum Gasteiger partial charge on any atom is 0.331 e. The van der Waals surface area contributed by atoms with Crippen LogP contribution >= 0.6 is 0 Å². The average molecular weight is 630 g/mol. The minimum Gasteiger partial charge on any atom is -0.497 e. The zero-order valence-electron chi connectivity index (χ0n) is 26.4. The summed E-state index contributed by atoms with van der Waals surface area (Å²) in [5, 5.41) is 18.6. The summed E-state index contributed by atoms with van der Waals surface area (Å²) in [6.45, 7) is 4.88. The van der Waals surface area contributed by atoms with Gasteiger partial charge in [0.25, 0.3) is 0 Å². The van der Waals surface area contributed by atoms with Crippen molar-refractivity contribution < 1.29 is 43.4 Å². The molecule has 0 bridgehead atoms. The molecule has 0 atom stereocenters. The number of pyridine rings is 1. The van der Waals surface area contributed by atoms with E-state index in [4.69, 9.17) is 33.5 Å². The number of carboxylic acid groups (broad SMARTS) is 1. The van der Waals surface area contributed by atoms with E-state index in [1.807, 2.05) is 48.5 Å². The molecule has 1 aliphatic rings. The van der Waals surface area contributed by atoms with E-state index in [-0.39, 0.29) is 19.8 Å².